The third-order valence-corrected chi connectivity index (χ3v) is 6.68. The summed E-state index contributed by atoms with van der Waals surface area (Å²) < 4.78 is 5.59. The van der Waals surface area contributed by atoms with E-state index < -0.39 is 30.1 Å². The smallest absolute Gasteiger partial charge is 0.407 e. The molecule has 4 rings (SSSR count). The number of carboxylic acid groups (broad SMARTS) is 1. The Labute approximate surface area is 199 Å². The van der Waals surface area contributed by atoms with Crippen molar-refractivity contribution in [3.05, 3.63) is 59.7 Å². The molecule has 0 aromatic heterocycles. The van der Waals surface area contributed by atoms with Crippen LogP contribution < -0.4 is 10.6 Å². The maximum absolute atomic E-state index is 12.9. The normalized spacial score (nSPS) is 16.1. The van der Waals surface area contributed by atoms with Crippen LogP contribution in [0.25, 0.3) is 11.1 Å². The number of aliphatic carboxylic acids is 1. The molecular weight excluding hydrogens is 432 g/mol. The average Bonchev–Trinajstić information content (AvgIpc) is 3.60. The third-order valence-electron chi connectivity index (χ3n) is 6.68. The van der Waals surface area contributed by atoms with Gasteiger partial charge < -0.3 is 20.5 Å². The molecule has 0 spiro atoms. The van der Waals surface area contributed by atoms with Gasteiger partial charge in [-0.15, -0.1) is 0 Å². The van der Waals surface area contributed by atoms with Gasteiger partial charge in [0.15, 0.2) is 0 Å². The maximum Gasteiger partial charge on any atom is 0.407 e. The predicted molar refractivity (Wildman–Crippen MR) is 128 cm³/mol. The molecule has 0 aliphatic heterocycles. The van der Waals surface area contributed by atoms with Crippen LogP contribution >= 0.6 is 0 Å². The molecule has 2 aromatic carbocycles. The Hall–Kier alpha value is -3.35. The summed E-state index contributed by atoms with van der Waals surface area (Å²) in [6.07, 6.45) is 3.73. The number of carbonyl (C=O) groups is 3. The molecule has 2 aliphatic carbocycles. The first-order valence-electron chi connectivity index (χ1n) is 12.1. The van der Waals surface area contributed by atoms with E-state index in [4.69, 9.17) is 4.74 Å². The van der Waals surface area contributed by atoms with Gasteiger partial charge in [0.05, 0.1) is 0 Å². The molecule has 7 nitrogen and oxygen atoms in total. The largest absolute Gasteiger partial charge is 0.480 e. The topological polar surface area (TPSA) is 105 Å². The number of amides is 2. The summed E-state index contributed by atoms with van der Waals surface area (Å²) in [7, 11) is 0. The Bertz CT molecular complexity index is 1000. The van der Waals surface area contributed by atoms with Gasteiger partial charge >= 0.3 is 12.1 Å². The van der Waals surface area contributed by atoms with Crippen LogP contribution in [-0.2, 0) is 14.3 Å². The molecule has 2 amide bonds. The number of hydrogen-bond donors (Lipinski definition) is 3. The van der Waals surface area contributed by atoms with E-state index in [1.807, 2.05) is 43.3 Å². The third kappa shape index (κ3) is 5.58. The van der Waals surface area contributed by atoms with Crippen molar-refractivity contribution in [1.82, 2.24) is 10.6 Å². The number of hydrogen-bond acceptors (Lipinski definition) is 4. The maximum atomic E-state index is 12.9. The number of unbranched alkanes of at least 4 members (excludes halogenated alkanes) is 1. The highest BCUT2D eigenvalue weighted by Gasteiger charge is 2.33. The highest BCUT2D eigenvalue weighted by Crippen LogP contribution is 2.44. The molecule has 0 heterocycles. The number of benzene rings is 2. The lowest BCUT2D eigenvalue weighted by Crippen LogP contribution is -2.52. The zero-order valence-electron chi connectivity index (χ0n) is 19.5. The second kappa shape index (κ2) is 10.7. The molecule has 2 aliphatic rings. The van der Waals surface area contributed by atoms with Crippen molar-refractivity contribution in [2.45, 2.75) is 63.5 Å². The van der Waals surface area contributed by atoms with E-state index in [2.05, 4.69) is 22.8 Å². The number of carboxylic acids is 1. The van der Waals surface area contributed by atoms with Crippen molar-refractivity contribution in [2.24, 2.45) is 5.92 Å². The van der Waals surface area contributed by atoms with Crippen LogP contribution in [0.5, 0.6) is 0 Å². The monoisotopic (exact) mass is 464 g/mol. The van der Waals surface area contributed by atoms with Gasteiger partial charge in [-0.3, -0.25) is 4.79 Å². The van der Waals surface area contributed by atoms with Crippen molar-refractivity contribution in [3.63, 3.8) is 0 Å². The van der Waals surface area contributed by atoms with E-state index >= 15 is 0 Å². The minimum absolute atomic E-state index is 0.0701. The van der Waals surface area contributed by atoms with Gasteiger partial charge in [0.1, 0.15) is 18.7 Å². The van der Waals surface area contributed by atoms with Crippen molar-refractivity contribution < 1.29 is 24.2 Å². The molecule has 0 radical (unpaired) electrons. The van der Waals surface area contributed by atoms with E-state index in [9.17, 15) is 19.5 Å². The molecule has 34 heavy (non-hydrogen) atoms. The minimum atomic E-state index is -1.06. The van der Waals surface area contributed by atoms with Crippen LogP contribution in [0.4, 0.5) is 4.79 Å². The zero-order valence-corrected chi connectivity index (χ0v) is 19.5. The number of alkyl carbamates (subject to hydrolysis) is 1. The molecule has 180 valence electrons. The van der Waals surface area contributed by atoms with E-state index in [1.165, 1.54) is 0 Å². The Balaban J connectivity index is 1.39. The number of carbonyl (C=O) groups excluding carboxylic acids is 2. The summed E-state index contributed by atoms with van der Waals surface area (Å²) in [5, 5.41) is 14.7. The van der Waals surface area contributed by atoms with Gasteiger partial charge in [-0.05, 0) is 41.0 Å². The first-order valence-corrected chi connectivity index (χ1v) is 12.1. The standard InChI is InChI=1S/C27H32N2O5/c1-2-3-12-23(26(31)32)28-25(30)24(15-17-13-14-17)29-27(33)34-16-22-20-10-6-4-8-18(20)19-9-5-7-11-21(19)22/h4-11,17,22-24H,2-3,12-16H2,1H3,(H,28,30)(H,29,33)(H,31,32)/t23-,24?/m0/s1. The summed E-state index contributed by atoms with van der Waals surface area (Å²) in [5.41, 5.74) is 4.52. The molecule has 0 saturated heterocycles. The molecule has 2 atom stereocenters. The van der Waals surface area contributed by atoms with Gasteiger partial charge in [0.2, 0.25) is 5.91 Å². The van der Waals surface area contributed by atoms with Gasteiger partial charge in [-0.2, -0.15) is 0 Å². The molecule has 1 fully saturated rings. The Kier molecular flexibility index (Phi) is 7.50. The lowest BCUT2D eigenvalue weighted by Gasteiger charge is -2.22. The predicted octanol–water partition coefficient (Wildman–Crippen LogP) is 4.45. The van der Waals surface area contributed by atoms with E-state index in [1.54, 1.807) is 0 Å². The van der Waals surface area contributed by atoms with Crippen molar-refractivity contribution in [1.29, 1.82) is 0 Å². The van der Waals surface area contributed by atoms with Crippen LogP contribution in [0.15, 0.2) is 48.5 Å². The molecule has 3 N–H and O–H groups in total. The summed E-state index contributed by atoms with van der Waals surface area (Å²) in [6.45, 7) is 2.13. The SMILES string of the molecule is CCCC[C@H](NC(=O)C(CC1CC1)NC(=O)OCC1c2ccccc2-c2ccccc21)C(=O)O. The van der Waals surface area contributed by atoms with Crippen LogP contribution in [0, 0.1) is 5.92 Å². The molecule has 1 saturated carbocycles. The highest BCUT2D eigenvalue weighted by molar-refractivity contribution is 5.89. The average molecular weight is 465 g/mol. The van der Waals surface area contributed by atoms with Gasteiger partial charge in [0, 0.05) is 5.92 Å². The number of rotatable bonds is 11. The first-order chi connectivity index (χ1) is 16.5. The second-order valence-electron chi connectivity index (χ2n) is 9.24. The lowest BCUT2D eigenvalue weighted by atomic mass is 9.98. The van der Waals surface area contributed by atoms with E-state index in [-0.39, 0.29) is 12.5 Å². The molecule has 0 bridgehead atoms. The Morgan fingerprint density at radius 1 is 0.971 bits per heavy atom. The van der Waals surface area contributed by atoms with Crippen LogP contribution in [0.1, 0.15) is 62.5 Å². The fourth-order valence-electron chi connectivity index (χ4n) is 4.64. The van der Waals surface area contributed by atoms with Crippen LogP contribution in [0.3, 0.4) is 0 Å². The molecule has 7 heteroatoms. The molecule has 1 unspecified atom stereocenters. The highest BCUT2D eigenvalue weighted by atomic mass is 16.5. The summed E-state index contributed by atoms with van der Waals surface area (Å²) >= 11 is 0. The van der Waals surface area contributed by atoms with Gasteiger partial charge in [-0.1, -0.05) is 81.1 Å². The Morgan fingerprint density at radius 2 is 1.59 bits per heavy atom. The van der Waals surface area contributed by atoms with E-state index in [0.29, 0.717) is 25.2 Å². The van der Waals surface area contributed by atoms with Gasteiger partial charge in [0.25, 0.3) is 0 Å². The fourth-order valence-corrected chi connectivity index (χ4v) is 4.64. The summed E-state index contributed by atoms with van der Waals surface area (Å²) in [4.78, 5) is 37.1. The van der Waals surface area contributed by atoms with Crippen molar-refractivity contribution in [2.75, 3.05) is 6.61 Å². The summed E-state index contributed by atoms with van der Waals surface area (Å²) in [6, 6.07) is 14.4. The number of fused-ring (bicyclic) bond motifs is 3. The molecule has 2 aromatic rings. The number of nitrogens with one attached hydrogen (secondary N) is 2. The van der Waals surface area contributed by atoms with Crippen molar-refractivity contribution in [3.8, 4) is 11.1 Å². The van der Waals surface area contributed by atoms with Crippen LogP contribution in [-0.4, -0.2) is 41.8 Å². The zero-order chi connectivity index (χ0) is 24.1. The lowest BCUT2D eigenvalue weighted by molar-refractivity contribution is -0.142. The Morgan fingerprint density at radius 3 is 2.15 bits per heavy atom. The van der Waals surface area contributed by atoms with Crippen LogP contribution in [0.2, 0.25) is 0 Å². The number of ether oxygens (including phenoxy) is 1. The summed E-state index contributed by atoms with van der Waals surface area (Å²) in [5.74, 6) is -1.24. The first kappa shape index (κ1) is 23.8. The quantitative estimate of drug-likeness (QED) is 0.456. The minimum Gasteiger partial charge on any atom is -0.480 e. The van der Waals surface area contributed by atoms with Crippen molar-refractivity contribution >= 4 is 18.0 Å². The van der Waals surface area contributed by atoms with E-state index in [0.717, 1.165) is 41.5 Å². The second-order valence-corrected chi connectivity index (χ2v) is 9.24. The van der Waals surface area contributed by atoms with Gasteiger partial charge in [-0.25, -0.2) is 9.59 Å². The fraction of sp³-hybridized carbons (Fsp3) is 0.444. The molecular formula is C27H32N2O5.